The number of rotatable bonds is 7. The zero-order chi connectivity index (χ0) is 21.6. The summed E-state index contributed by atoms with van der Waals surface area (Å²) in [6.45, 7) is 2.31. The minimum atomic E-state index is -0.0314. The quantitative estimate of drug-likeness (QED) is 0.390. The Labute approximate surface area is 185 Å². The van der Waals surface area contributed by atoms with Crippen molar-refractivity contribution >= 4 is 17.7 Å². The van der Waals surface area contributed by atoms with Gasteiger partial charge in [-0.2, -0.15) is 0 Å². The first-order valence-corrected chi connectivity index (χ1v) is 10.9. The summed E-state index contributed by atoms with van der Waals surface area (Å²) in [5.74, 6) is 1.78. The smallest absolute Gasteiger partial charge is 0.233 e. The van der Waals surface area contributed by atoms with Crippen molar-refractivity contribution in [1.82, 2.24) is 20.1 Å². The zero-order valence-electron chi connectivity index (χ0n) is 17.4. The van der Waals surface area contributed by atoms with Crippen LogP contribution in [0.3, 0.4) is 0 Å². The summed E-state index contributed by atoms with van der Waals surface area (Å²) in [4.78, 5) is 18.9. The number of benzene rings is 2. The number of furan rings is 1. The van der Waals surface area contributed by atoms with E-state index in [0.29, 0.717) is 17.4 Å². The molecule has 4 rings (SSSR count). The van der Waals surface area contributed by atoms with Crippen molar-refractivity contribution in [2.45, 2.75) is 18.6 Å². The van der Waals surface area contributed by atoms with Crippen molar-refractivity contribution in [2.75, 3.05) is 12.8 Å². The molecule has 6 nitrogen and oxygen atoms in total. The molecule has 156 valence electrons. The molecule has 0 N–H and O–H groups in total. The van der Waals surface area contributed by atoms with E-state index in [9.17, 15) is 4.79 Å². The van der Waals surface area contributed by atoms with Crippen molar-refractivity contribution in [1.29, 1.82) is 0 Å². The van der Waals surface area contributed by atoms with Crippen LogP contribution in [0.1, 0.15) is 11.5 Å². The van der Waals surface area contributed by atoms with E-state index in [2.05, 4.69) is 10.2 Å². The van der Waals surface area contributed by atoms with Crippen molar-refractivity contribution < 1.29 is 9.21 Å². The molecule has 0 aliphatic carbocycles. The van der Waals surface area contributed by atoms with Gasteiger partial charge in [0.05, 0.1) is 12.3 Å². The Bertz CT molecular complexity index is 1160. The first kappa shape index (κ1) is 20.8. The normalized spacial score (nSPS) is 10.8. The van der Waals surface area contributed by atoms with Gasteiger partial charge in [0.1, 0.15) is 22.9 Å². The molecule has 2 aromatic carbocycles. The van der Waals surface area contributed by atoms with E-state index < -0.39 is 0 Å². The number of thioether (sulfide) groups is 1. The molecule has 0 radical (unpaired) electrons. The van der Waals surface area contributed by atoms with E-state index in [1.165, 1.54) is 11.8 Å². The largest absolute Gasteiger partial charge is 0.464 e. The van der Waals surface area contributed by atoms with Gasteiger partial charge in [-0.05, 0) is 19.1 Å². The highest BCUT2D eigenvalue weighted by molar-refractivity contribution is 7.99. The predicted molar refractivity (Wildman–Crippen MR) is 121 cm³/mol. The van der Waals surface area contributed by atoms with Crippen LogP contribution in [0.15, 0.2) is 82.4 Å². The van der Waals surface area contributed by atoms with E-state index in [4.69, 9.17) is 9.40 Å². The van der Waals surface area contributed by atoms with E-state index in [1.807, 2.05) is 79.7 Å². The number of carbonyl (C=O) groups excluding carboxylic acids is 1. The molecule has 0 bridgehead atoms. The molecule has 0 saturated carbocycles. The summed E-state index contributed by atoms with van der Waals surface area (Å²) >= 11 is 1.28. The first-order valence-electron chi connectivity index (χ1n) is 9.88. The van der Waals surface area contributed by atoms with Crippen LogP contribution in [-0.4, -0.2) is 38.8 Å². The van der Waals surface area contributed by atoms with Crippen LogP contribution >= 0.6 is 11.8 Å². The number of amides is 1. The van der Waals surface area contributed by atoms with Gasteiger partial charge in [0.25, 0.3) is 0 Å². The van der Waals surface area contributed by atoms with Gasteiger partial charge in [0, 0.05) is 18.2 Å². The Morgan fingerprint density at radius 2 is 1.55 bits per heavy atom. The summed E-state index contributed by atoms with van der Waals surface area (Å²) in [6.07, 6.45) is 0. The molecule has 0 aliphatic heterocycles. The Balaban J connectivity index is 1.52. The van der Waals surface area contributed by atoms with Crippen LogP contribution in [0.2, 0.25) is 0 Å². The van der Waals surface area contributed by atoms with E-state index in [0.717, 1.165) is 28.3 Å². The maximum Gasteiger partial charge on any atom is 0.233 e. The number of hydrogen-bond donors (Lipinski definition) is 0. The minimum absolute atomic E-state index is 0.0314. The van der Waals surface area contributed by atoms with Crippen molar-refractivity contribution in [3.63, 3.8) is 0 Å². The van der Waals surface area contributed by atoms with Crippen molar-refractivity contribution in [3.8, 4) is 22.5 Å². The number of carbonyl (C=O) groups is 1. The van der Waals surface area contributed by atoms with E-state index in [-0.39, 0.29) is 11.7 Å². The van der Waals surface area contributed by atoms with Crippen molar-refractivity contribution in [3.05, 3.63) is 84.3 Å². The van der Waals surface area contributed by atoms with Crippen LogP contribution in [0.25, 0.3) is 22.5 Å². The highest BCUT2D eigenvalue weighted by Gasteiger charge is 2.16. The summed E-state index contributed by atoms with van der Waals surface area (Å²) in [6, 6.07) is 23.5. The second-order valence-corrected chi connectivity index (χ2v) is 8.02. The Hall–Kier alpha value is -3.45. The average Bonchev–Trinajstić information content (AvgIpc) is 3.22. The van der Waals surface area contributed by atoms with Crippen molar-refractivity contribution in [2.24, 2.45) is 0 Å². The zero-order valence-corrected chi connectivity index (χ0v) is 18.2. The average molecular weight is 431 g/mol. The van der Waals surface area contributed by atoms with Crippen LogP contribution in [0, 0.1) is 6.92 Å². The van der Waals surface area contributed by atoms with Crippen LogP contribution < -0.4 is 0 Å². The fraction of sp³-hybridized carbons (Fsp3) is 0.167. The summed E-state index contributed by atoms with van der Waals surface area (Å²) in [5, 5.41) is 9.18. The first-order chi connectivity index (χ1) is 15.1. The molecule has 2 heterocycles. The van der Waals surface area contributed by atoms with Gasteiger partial charge in [0.15, 0.2) is 0 Å². The minimum Gasteiger partial charge on any atom is -0.464 e. The third kappa shape index (κ3) is 5.19. The van der Waals surface area contributed by atoms with Gasteiger partial charge in [-0.1, -0.05) is 72.4 Å². The Morgan fingerprint density at radius 1 is 0.903 bits per heavy atom. The maximum absolute atomic E-state index is 12.6. The van der Waals surface area contributed by atoms with Crippen LogP contribution in [-0.2, 0) is 11.3 Å². The second kappa shape index (κ2) is 9.57. The molecule has 0 unspecified atom stereocenters. The summed E-state index contributed by atoms with van der Waals surface area (Å²) in [5.41, 5.74) is 3.36. The molecular formula is C24H22N4O2S. The molecule has 0 saturated heterocycles. The topological polar surface area (TPSA) is 72.1 Å². The number of nitrogens with zero attached hydrogens (tertiary/aromatic N) is 4. The van der Waals surface area contributed by atoms with Gasteiger partial charge in [-0.15, -0.1) is 10.2 Å². The number of aromatic nitrogens is 3. The summed E-state index contributed by atoms with van der Waals surface area (Å²) in [7, 11) is 1.76. The van der Waals surface area contributed by atoms with E-state index >= 15 is 0 Å². The fourth-order valence-electron chi connectivity index (χ4n) is 3.09. The lowest BCUT2D eigenvalue weighted by atomic mass is 10.0. The number of hydrogen-bond acceptors (Lipinski definition) is 6. The van der Waals surface area contributed by atoms with Crippen LogP contribution in [0.5, 0.6) is 0 Å². The third-order valence-corrected chi connectivity index (χ3v) is 5.52. The lowest BCUT2D eigenvalue weighted by molar-refractivity contribution is -0.127. The lowest BCUT2D eigenvalue weighted by Gasteiger charge is -2.15. The standard InChI is InChI=1S/C24H22N4O2S/c1-17-13-14-20(30-17)15-28(2)21(29)16-31-24-25-22(18-9-5-3-6-10-18)23(26-27-24)19-11-7-4-8-12-19/h3-14H,15-16H2,1-2H3. The fourth-order valence-corrected chi connectivity index (χ4v) is 3.82. The van der Waals surface area contributed by atoms with E-state index in [1.54, 1.807) is 11.9 Å². The molecule has 31 heavy (non-hydrogen) atoms. The highest BCUT2D eigenvalue weighted by Crippen LogP contribution is 2.29. The predicted octanol–water partition coefficient (Wildman–Crippen LogP) is 4.86. The highest BCUT2D eigenvalue weighted by atomic mass is 32.2. The molecule has 0 spiro atoms. The Kier molecular flexibility index (Phi) is 6.43. The number of aryl methyl sites for hydroxylation is 1. The SMILES string of the molecule is Cc1ccc(CN(C)C(=O)CSc2nnc(-c3ccccc3)c(-c3ccccc3)n2)o1. The van der Waals surface area contributed by atoms with Crippen LogP contribution in [0.4, 0.5) is 0 Å². The molecule has 1 amide bonds. The second-order valence-electron chi connectivity index (χ2n) is 7.07. The summed E-state index contributed by atoms with van der Waals surface area (Å²) < 4.78 is 5.55. The third-order valence-electron chi connectivity index (χ3n) is 4.70. The van der Waals surface area contributed by atoms with Gasteiger partial charge in [-0.25, -0.2) is 4.98 Å². The van der Waals surface area contributed by atoms with Gasteiger partial charge >= 0.3 is 0 Å². The molecular weight excluding hydrogens is 408 g/mol. The molecule has 0 aliphatic rings. The molecule has 0 fully saturated rings. The lowest BCUT2D eigenvalue weighted by Crippen LogP contribution is -2.27. The van der Waals surface area contributed by atoms with Gasteiger partial charge in [0.2, 0.25) is 11.1 Å². The molecule has 4 aromatic rings. The molecule has 2 aromatic heterocycles. The van der Waals surface area contributed by atoms with Gasteiger partial charge < -0.3 is 9.32 Å². The molecule has 0 atom stereocenters. The van der Waals surface area contributed by atoms with Gasteiger partial charge in [-0.3, -0.25) is 4.79 Å². The maximum atomic E-state index is 12.6. The molecule has 7 heteroatoms. The monoisotopic (exact) mass is 430 g/mol. The Morgan fingerprint density at radius 3 is 2.16 bits per heavy atom.